The average Bonchev–Trinajstić information content (AvgIpc) is 3.12. The van der Waals surface area contributed by atoms with E-state index in [1.165, 1.54) is 30.6 Å². The van der Waals surface area contributed by atoms with Gasteiger partial charge in [0, 0.05) is 36.4 Å². The number of nitrogens with one attached hydrogen (secondary N) is 1. The van der Waals surface area contributed by atoms with E-state index in [1.807, 2.05) is 0 Å². The van der Waals surface area contributed by atoms with Gasteiger partial charge >= 0.3 is 0 Å². The van der Waals surface area contributed by atoms with Gasteiger partial charge in [-0.3, -0.25) is 4.98 Å². The molecule has 3 aromatic rings. The van der Waals surface area contributed by atoms with Crippen LogP contribution >= 0.6 is 0 Å². The Bertz CT molecular complexity index is 1260. The normalized spacial score (nSPS) is 17.8. The lowest BCUT2D eigenvalue weighted by Gasteiger charge is -2.25. The van der Waals surface area contributed by atoms with Gasteiger partial charge in [-0.1, -0.05) is 0 Å². The van der Waals surface area contributed by atoms with E-state index in [9.17, 15) is 25.6 Å². The number of alkyl halides is 2. The van der Waals surface area contributed by atoms with Crippen molar-refractivity contribution in [3.05, 3.63) is 42.4 Å². The van der Waals surface area contributed by atoms with E-state index < -0.39 is 26.3 Å². The summed E-state index contributed by atoms with van der Waals surface area (Å²) in [4.78, 5) is 10.7. The van der Waals surface area contributed by atoms with Crippen molar-refractivity contribution in [2.75, 3.05) is 24.6 Å². The third-order valence-corrected chi connectivity index (χ3v) is 8.23. The van der Waals surface area contributed by atoms with Crippen LogP contribution in [0.15, 0.2) is 41.6 Å². The average molecular weight is 442 g/mol. The van der Waals surface area contributed by atoms with Gasteiger partial charge in [0.05, 0.1) is 22.9 Å². The molecule has 0 radical (unpaired) electrons. The molecule has 4 heterocycles. The Kier molecular flexibility index (Phi) is 4.87. The van der Waals surface area contributed by atoms with Gasteiger partial charge in [-0.15, -0.1) is 0 Å². The molecule has 29 heavy (non-hydrogen) atoms. The number of aromatic amines is 1. The highest BCUT2D eigenvalue weighted by Gasteiger charge is 2.31. The predicted octanol–water partition coefficient (Wildman–Crippen LogP) is 1.98. The number of hydrogen-bond acceptors (Lipinski definition) is 6. The van der Waals surface area contributed by atoms with Gasteiger partial charge in [-0.05, 0) is 24.3 Å². The molecule has 0 spiro atoms. The summed E-state index contributed by atoms with van der Waals surface area (Å²) in [7, 11) is -7.08. The highest BCUT2D eigenvalue weighted by molar-refractivity contribution is 7.92. The van der Waals surface area contributed by atoms with Gasteiger partial charge in [0.1, 0.15) is 10.5 Å². The SMILES string of the molecule is O=S1(=O)CCN(S(=O)(=O)c2ccc(-c3ccnc4[nH]c(C(F)F)cc34)nc2)CC1. The first-order chi connectivity index (χ1) is 13.7. The van der Waals surface area contributed by atoms with Gasteiger partial charge in [-0.25, -0.2) is 30.6 Å². The Labute approximate surface area is 165 Å². The second kappa shape index (κ2) is 7.11. The molecular formula is C17H16F2N4O4S2. The zero-order valence-corrected chi connectivity index (χ0v) is 16.5. The van der Waals surface area contributed by atoms with E-state index in [4.69, 9.17) is 0 Å². The number of H-pyrrole nitrogens is 1. The Balaban J connectivity index is 1.66. The van der Waals surface area contributed by atoms with Crippen LogP contribution in [-0.2, 0) is 19.9 Å². The standard InChI is InChI=1S/C17H16F2N4O4S2/c18-16(19)15-9-13-12(3-4-20-17(13)22-15)14-2-1-11(10-21-14)29(26,27)23-5-7-28(24,25)8-6-23/h1-4,9-10,16H,5-8H2,(H,20,22). The molecule has 0 aromatic carbocycles. The fraction of sp³-hybridized carbons (Fsp3) is 0.294. The van der Waals surface area contributed by atoms with Crippen LogP contribution in [0.1, 0.15) is 12.1 Å². The summed E-state index contributed by atoms with van der Waals surface area (Å²) in [5.74, 6) is -0.431. The highest BCUT2D eigenvalue weighted by Crippen LogP contribution is 2.30. The summed E-state index contributed by atoms with van der Waals surface area (Å²) in [5.41, 5.74) is 0.952. The summed E-state index contributed by atoms with van der Waals surface area (Å²) in [6.45, 7) is -0.200. The first-order valence-electron chi connectivity index (χ1n) is 8.60. The smallest absolute Gasteiger partial charge is 0.278 e. The maximum absolute atomic E-state index is 13.0. The number of rotatable bonds is 4. The summed E-state index contributed by atoms with van der Waals surface area (Å²) >= 11 is 0. The van der Waals surface area contributed by atoms with Crippen LogP contribution in [0.3, 0.4) is 0 Å². The van der Waals surface area contributed by atoms with Crippen LogP contribution in [-0.4, -0.2) is 60.7 Å². The van der Waals surface area contributed by atoms with Gasteiger partial charge in [0.25, 0.3) is 6.43 Å². The molecule has 1 aliphatic heterocycles. The number of halogens is 2. The summed E-state index contributed by atoms with van der Waals surface area (Å²) < 4.78 is 75.6. The molecular weight excluding hydrogens is 426 g/mol. The molecule has 8 nitrogen and oxygen atoms in total. The molecule has 1 fully saturated rings. The van der Waals surface area contributed by atoms with Crippen molar-refractivity contribution in [1.29, 1.82) is 0 Å². The minimum absolute atomic E-state index is 0.0619. The largest absolute Gasteiger partial charge is 0.338 e. The summed E-state index contributed by atoms with van der Waals surface area (Å²) in [6, 6.07) is 5.76. The maximum atomic E-state index is 13.0. The molecule has 0 bridgehead atoms. The monoisotopic (exact) mass is 442 g/mol. The third kappa shape index (κ3) is 3.74. The van der Waals surface area contributed by atoms with Crippen molar-refractivity contribution in [2.24, 2.45) is 0 Å². The maximum Gasteiger partial charge on any atom is 0.278 e. The van der Waals surface area contributed by atoms with E-state index in [0.717, 1.165) is 4.31 Å². The van der Waals surface area contributed by atoms with Gasteiger partial charge < -0.3 is 4.98 Å². The Hall–Kier alpha value is -2.44. The minimum atomic E-state index is -3.87. The lowest BCUT2D eigenvalue weighted by atomic mass is 10.1. The number of nitrogens with zero attached hydrogens (tertiary/aromatic N) is 3. The highest BCUT2D eigenvalue weighted by atomic mass is 32.2. The number of sulfonamides is 1. The number of pyridine rings is 2. The quantitative estimate of drug-likeness (QED) is 0.661. The molecule has 154 valence electrons. The Morgan fingerprint density at radius 1 is 1.10 bits per heavy atom. The van der Waals surface area contributed by atoms with Crippen LogP contribution in [0.4, 0.5) is 8.78 Å². The van der Waals surface area contributed by atoms with E-state index in [1.54, 1.807) is 6.07 Å². The summed E-state index contributed by atoms with van der Waals surface area (Å²) in [5, 5.41) is 0.451. The fourth-order valence-electron chi connectivity index (χ4n) is 3.17. The number of fused-ring (bicyclic) bond motifs is 1. The molecule has 0 aliphatic carbocycles. The van der Waals surface area contributed by atoms with Crippen LogP contribution in [0.5, 0.6) is 0 Å². The first kappa shape index (κ1) is 19.9. The summed E-state index contributed by atoms with van der Waals surface area (Å²) in [6.07, 6.45) is -0.0455. The van der Waals surface area contributed by atoms with Gasteiger partial charge in [0.2, 0.25) is 10.0 Å². The number of hydrogen-bond donors (Lipinski definition) is 1. The Morgan fingerprint density at radius 2 is 1.83 bits per heavy atom. The molecule has 0 saturated carbocycles. The number of sulfone groups is 1. The molecule has 0 amide bonds. The lowest BCUT2D eigenvalue weighted by molar-refractivity contribution is 0.147. The predicted molar refractivity (Wildman–Crippen MR) is 102 cm³/mol. The molecule has 1 saturated heterocycles. The van der Waals surface area contributed by atoms with Crippen molar-refractivity contribution in [3.8, 4) is 11.3 Å². The van der Waals surface area contributed by atoms with Crippen molar-refractivity contribution < 1.29 is 25.6 Å². The molecule has 3 aromatic heterocycles. The van der Waals surface area contributed by atoms with E-state index in [-0.39, 0.29) is 40.8 Å². The zero-order valence-electron chi connectivity index (χ0n) is 14.9. The lowest BCUT2D eigenvalue weighted by Crippen LogP contribution is -2.43. The third-order valence-electron chi connectivity index (χ3n) is 4.74. The van der Waals surface area contributed by atoms with Gasteiger partial charge in [-0.2, -0.15) is 4.31 Å². The zero-order chi connectivity index (χ0) is 20.8. The number of aromatic nitrogens is 3. The fourth-order valence-corrected chi connectivity index (χ4v) is 5.99. The molecule has 4 rings (SSSR count). The van der Waals surface area contributed by atoms with Crippen LogP contribution in [0.2, 0.25) is 0 Å². The van der Waals surface area contributed by atoms with Crippen molar-refractivity contribution in [3.63, 3.8) is 0 Å². The van der Waals surface area contributed by atoms with E-state index in [0.29, 0.717) is 16.6 Å². The molecule has 0 atom stereocenters. The Morgan fingerprint density at radius 3 is 2.45 bits per heavy atom. The van der Waals surface area contributed by atoms with Crippen molar-refractivity contribution >= 4 is 30.9 Å². The van der Waals surface area contributed by atoms with E-state index in [2.05, 4.69) is 15.0 Å². The van der Waals surface area contributed by atoms with E-state index >= 15 is 0 Å². The van der Waals surface area contributed by atoms with Crippen LogP contribution in [0, 0.1) is 0 Å². The minimum Gasteiger partial charge on any atom is -0.338 e. The second-order valence-electron chi connectivity index (χ2n) is 6.58. The second-order valence-corrected chi connectivity index (χ2v) is 10.8. The molecule has 1 aliphatic rings. The molecule has 0 unspecified atom stereocenters. The van der Waals surface area contributed by atoms with Crippen LogP contribution in [0.25, 0.3) is 22.3 Å². The molecule has 1 N–H and O–H groups in total. The van der Waals surface area contributed by atoms with Crippen LogP contribution < -0.4 is 0 Å². The first-order valence-corrected chi connectivity index (χ1v) is 11.9. The molecule has 12 heteroatoms. The van der Waals surface area contributed by atoms with Crippen molar-refractivity contribution in [1.82, 2.24) is 19.3 Å². The van der Waals surface area contributed by atoms with Crippen molar-refractivity contribution in [2.45, 2.75) is 11.3 Å². The topological polar surface area (TPSA) is 113 Å². The van der Waals surface area contributed by atoms with Gasteiger partial charge in [0.15, 0.2) is 9.84 Å².